The highest BCUT2D eigenvalue weighted by molar-refractivity contribution is 5.77. The van der Waals surface area contributed by atoms with E-state index in [2.05, 4.69) is 43.4 Å². The van der Waals surface area contributed by atoms with E-state index < -0.39 is 5.54 Å². The molecule has 0 radical (unpaired) electrons. The molecule has 1 aromatic rings. The molecule has 0 fully saturated rings. The van der Waals surface area contributed by atoms with Gasteiger partial charge in [-0.15, -0.1) is 0 Å². The highest BCUT2D eigenvalue weighted by Crippen LogP contribution is 2.26. The molecule has 4 N–H and O–H groups in total. The first-order valence-electron chi connectivity index (χ1n) is 9.91. The van der Waals surface area contributed by atoms with Gasteiger partial charge in [-0.25, -0.2) is 0 Å². The summed E-state index contributed by atoms with van der Waals surface area (Å²) in [4.78, 5) is 0. The highest BCUT2D eigenvalue weighted by Gasteiger charge is 2.22. The average Bonchev–Trinajstić information content (AvgIpc) is 2.94. The maximum absolute atomic E-state index is 9.32. The fraction of sp³-hybridized carbons (Fsp3) is 0.478. The smallest absolute Gasteiger partial charge is 0.119 e. The summed E-state index contributed by atoms with van der Waals surface area (Å²) < 4.78 is 5.74. The van der Waals surface area contributed by atoms with Gasteiger partial charge in [0.1, 0.15) is 5.75 Å². The van der Waals surface area contributed by atoms with Crippen molar-refractivity contribution in [1.29, 1.82) is 0 Å². The van der Waals surface area contributed by atoms with Gasteiger partial charge < -0.3 is 20.7 Å². The zero-order chi connectivity index (χ0) is 19.5. The van der Waals surface area contributed by atoms with Crippen molar-refractivity contribution < 1.29 is 14.9 Å². The van der Waals surface area contributed by atoms with Gasteiger partial charge >= 0.3 is 0 Å². The number of ether oxygens (including phenoxy) is 1. The zero-order valence-corrected chi connectivity index (χ0v) is 16.4. The van der Waals surface area contributed by atoms with Crippen LogP contribution < -0.4 is 10.5 Å². The fourth-order valence-corrected chi connectivity index (χ4v) is 3.01. The van der Waals surface area contributed by atoms with Gasteiger partial charge in [0, 0.05) is 0 Å². The Morgan fingerprint density at radius 2 is 1.85 bits per heavy atom. The summed E-state index contributed by atoms with van der Waals surface area (Å²) in [7, 11) is 0. The van der Waals surface area contributed by atoms with Crippen LogP contribution in [0.15, 0.2) is 54.1 Å². The lowest BCUT2D eigenvalue weighted by Crippen LogP contribution is -2.47. The Hall–Kier alpha value is -1.88. The van der Waals surface area contributed by atoms with Crippen molar-refractivity contribution in [2.24, 2.45) is 5.73 Å². The third kappa shape index (κ3) is 6.98. The quantitative estimate of drug-likeness (QED) is 0.514. The van der Waals surface area contributed by atoms with Gasteiger partial charge in [0.25, 0.3) is 0 Å². The van der Waals surface area contributed by atoms with Crippen LogP contribution in [0.4, 0.5) is 0 Å². The number of nitrogens with two attached hydrogens (primary N) is 1. The summed E-state index contributed by atoms with van der Waals surface area (Å²) in [6, 6.07) is 8.25. The maximum atomic E-state index is 9.32. The molecule has 0 unspecified atom stereocenters. The first-order valence-corrected chi connectivity index (χ1v) is 9.91. The zero-order valence-electron chi connectivity index (χ0n) is 16.4. The minimum atomic E-state index is -0.885. The predicted octanol–water partition coefficient (Wildman–Crippen LogP) is 3.99. The Morgan fingerprint density at radius 3 is 2.52 bits per heavy atom. The molecule has 0 aromatic heterocycles. The molecule has 4 heteroatoms. The Labute approximate surface area is 163 Å². The van der Waals surface area contributed by atoms with Crippen LogP contribution in [0.25, 0.3) is 5.57 Å². The van der Waals surface area contributed by atoms with Gasteiger partial charge in [-0.1, -0.05) is 55.4 Å². The van der Waals surface area contributed by atoms with E-state index in [1.54, 1.807) is 0 Å². The minimum absolute atomic E-state index is 0.197. The van der Waals surface area contributed by atoms with Gasteiger partial charge in [0.2, 0.25) is 0 Å². The van der Waals surface area contributed by atoms with E-state index in [1.807, 2.05) is 12.1 Å². The molecule has 148 valence electrons. The second-order valence-corrected chi connectivity index (χ2v) is 7.28. The summed E-state index contributed by atoms with van der Waals surface area (Å²) in [6.07, 6.45) is 14.2. The topological polar surface area (TPSA) is 75.7 Å². The maximum Gasteiger partial charge on any atom is 0.119 e. The second kappa shape index (κ2) is 11.1. The molecule has 1 aliphatic carbocycles. The summed E-state index contributed by atoms with van der Waals surface area (Å²) >= 11 is 0. The van der Waals surface area contributed by atoms with Crippen LogP contribution in [-0.2, 0) is 0 Å². The Bertz CT molecular complexity index is 655. The highest BCUT2D eigenvalue weighted by atomic mass is 16.5. The Balaban J connectivity index is 1.98. The predicted molar refractivity (Wildman–Crippen MR) is 112 cm³/mol. The largest absolute Gasteiger partial charge is 0.494 e. The first kappa shape index (κ1) is 21.4. The molecular weight excluding hydrogens is 338 g/mol. The standard InChI is InChI=1S/C23H33NO3/c1-2-3-15-27-22-12-10-20(11-13-22)21-9-5-4-7-19(16-21)8-6-14-23(24,17-25)18-26/h5,7,9-13,16,25-26H,2-4,6,8,14-15,17-18,24H2,1H3. The van der Waals surface area contributed by atoms with Crippen LogP contribution >= 0.6 is 0 Å². The molecule has 1 aromatic carbocycles. The van der Waals surface area contributed by atoms with Crippen molar-refractivity contribution in [3.63, 3.8) is 0 Å². The van der Waals surface area contributed by atoms with Crippen LogP contribution in [0.1, 0.15) is 51.0 Å². The summed E-state index contributed by atoms with van der Waals surface area (Å²) in [5.74, 6) is 0.911. The lowest BCUT2D eigenvalue weighted by atomic mass is 9.93. The first-order chi connectivity index (χ1) is 13.1. The van der Waals surface area contributed by atoms with Crippen LogP contribution in [0, 0.1) is 0 Å². The van der Waals surface area contributed by atoms with Crippen molar-refractivity contribution in [3.05, 3.63) is 59.7 Å². The number of hydrogen-bond acceptors (Lipinski definition) is 4. The second-order valence-electron chi connectivity index (χ2n) is 7.28. The lowest BCUT2D eigenvalue weighted by molar-refractivity contribution is 0.113. The van der Waals surface area contributed by atoms with E-state index in [4.69, 9.17) is 10.5 Å². The number of aliphatic hydroxyl groups is 2. The Kier molecular flexibility index (Phi) is 8.79. The number of unbranched alkanes of at least 4 members (excludes halogenated alkanes) is 1. The normalized spacial score (nSPS) is 14.5. The van der Waals surface area contributed by atoms with Crippen molar-refractivity contribution in [2.45, 2.75) is 51.0 Å². The molecule has 2 rings (SSSR count). The number of rotatable bonds is 11. The number of aliphatic hydroxyl groups excluding tert-OH is 2. The molecule has 0 bridgehead atoms. The van der Waals surface area contributed by atoms with Crippen molar-refractivity contribution >= 4 is 5.57 Å². The monoisotopic (exact) mass is 371 g/mol. The van der Waals surface area contributed by atoms with E-state index in [0.29, 0.717) is 6.42 Å². The molecule has 0 saturated heterocycles. The molecule has 0 amide bonds. The summed E-state index contributed by atoms with van der Waals surface area (Å²) in [5.41, 5.74) is 8.69. The van der Waals surface area contributed by atoms with Crippen LogP contribution in [0.3, 0.4) is 0 Å². The molecular formula is C23H33NO3. The Morgan fingerprint density at radius 1 is 1.11 bits per heavy atom. The third-order valence-corrected chi connectivity index (χ3v) is 4.88. The van der Waals surface area contributed by atoms with Crippen molar-refractivity contribution in [2.75, 3.05) is 19.8 Å². The number of allylic oxidation sites excluding steroid dienone is 6. The lowest BCUT2D eigenvalue weighted by Gasteiger charge is -2.24. The fourth-order valence-electron chi connectivity index (χ4n) is 3.01. The van der Waals surface area contributed by atoms with Crippen LogP contribution in [0.5, 0.6) is 5.75 Å². The van der Waals surface area contributed by atoms with Crippen molar-refractivity contribution in [3.8, 4) is 5.75 Å². The molecule has 27 heavy (non-hydrogen) atoms. The van der Waals surface area contributed by atoms with E-state index in [-0.39, 0.29) is 13.2 Å². The summed E-state index contributed by atoms with van der Waals surface area (Å²) in [5, 5.41) is 18.6. The van der Waals surface area contributed by atoms with E-state index in [0.717, 1.165) is 44.5 Å². The molecule has 0 spiro atoms. The van der Waals surface area contributed by atoms with Crippen molar-refractivity contribution in [1.82, 2.24) is 0 Å². The average molecular weight is 372 g/mol. The molecule has 0 heterocycles. The molecule has 1 aliphatic rings. The third-order valence-electron chi connectivity index (χ3n) is 4.88. The molecule has 0 atom stereocenters. The van der Waals surface area contributed by atoms with E-state index in [9.17, 15) is 10.2 Å². The number of hydrogen-bond donors (Lipinski definition) is 3. The van der Waals surface area contributed by atoms with Gasteiger partial charge in [-0.2, -0.15) is 0 Å². The molecule has 4 nitrogen and oxygen atoms in total. The van der Waals surface area contributed by atoms with E-state index in [1.165, 1.54) is 16.7 Å². The molecule has 0 aliphatic heterocycles. The SMILES string of the molecule is CCCCOc1ccc(C2=CC(CCCC(N)(CO)CO)=CCC=C2)cc1. The summed E-state index contributed by atoms with van der Waals surface area (Å²) in [6.45, 7) is 2.52. The van der Waals surface area contributed by atoms with Gasteiger partial charge in [-0.05, 0) is 55.4 Å². The van der Waals surface area contributed by atoms with E-state index >= 15 is 0 Å². The van der Waals surface area contributed by atoms with Gasteiger partial charge in [0.15, 0.2) is 0 Å². The van der Waals surface area contributed by atoms with Gasteiger partial charge in [0.05, 0.1) is 25.4 Å². The minimum Gasteiger partial charge on any atom is -0.494 e. The number of benzene rings is 1. The van der Waals surface area contributed by atoms with Crippen LogP contribution in [-0.4, -0.2) is 35.6 Å². The molecule has 0 saturated carbocycles. The van der Waals surface area contributed by atoms with Crippen LogP contribution in [0.2, 0.25) is 0 Å². The van der Waals surface area contributed by atoms with Gasteiger partial charge in [-0.3, -0.25) is 0 Å².